The highest BCUT2D eigenvalue weighted by molar-refractivity contribution is 5.67. The molecule has 1 heterocycles. The summed E-state index contributed by atoms with van der Waals surface area (Å²) in [5, 5.41) is 8.71. The average Bonchev–Trinajstić information content (AvgIpc) is 2.23. The van der Waals surface area contributed by atoms with E-state index in [1.54, 1.807) is 13.0 Å². The average molecular weight is 226 g/mol. The largest absolute Gasteiger partial charge is 0.513 e. The van der Waals surface area contributed by atoms with Gasteiger partial charge >= 0.3 is 6.16 Å². The van der Waals surface area contributed by atoms with Gasteiger partial charge in [-0.1, -0.05) is 0 Å². The number of hydrogen-bond donors (Lipinski definition) is 2. The first-order chi connectivity index (χ1) is 7.67. The molecule has 0 radical (unpaired) electrons. The number of aliphatic hydroxyl groups is 1. The van der Waals surface area contributed by atoms with Gasteiger partial charge in [-0.15, -0.1) is 0 Å². The second-order valence-corrected chi connectivity index (χ2v) is 2.97. The van der Waals surface area contributed by atoms with Gasteiger partial charge in [-0.25, -0.2) is 4.79 Å². The Balaban J connectivity index is 2.71. The van der Waals surface area contributed by atoms with Gasteiger partial charge in [0.05, 0.1) is 18.5 Å². The van der Waals surface area contributed by atoms with Gasteiger partial charge in [0.25, 0.3) is 0 Å². The summed E-state index contributed by atoms with van der Waals surface area (Å²) < 4.78 is 9.40. The molecule has 1 aromatic rings. The zero-order chi connectivity index (χ0) is 12.0. The van der Waals surface area contributed by atoms with E-state index in [-0.39, 0.29) is 24.7 Å². The normalized spacial score (nSPS) is 9.88. The van der Waals surface area contributed by atoms with Crippen molar-refractivity contribution in [3.8, 4) is 5.75 Å². The van der Waals surface area contributed by atoms with Crippen LogP contribution in [-0.4, -0.2) is 29.5 Å². The van der Waals surface area contributed by atoms with Crippen LogP contribution in [0.5, 0.6) is 5.75 Å². The molecule has 1 aromatic heterocycles. The van der Waals surface area contributed by atoms with Gasteiger partial charge in [-0.2, -0.15) is 0 Å². The monoisotopic (exact) mass is 226 g/mol. The van der Waals surface area contributed by atoms with Crippen LogP contribution in [0.15, 0.2) is 12.3 Å². The van der Waals surface area contributed by atoms with Crippen molar-refractivity contribution in [2.75, 3.05) is 18.9 Å². The van der Waals surface area contributed by atoms with E-state index in [4.69, 9.17) is 15.6 Å². The number of ether oxygens (including phenoxy) is 2. The topological polar surface area (TPSA) is 94.7 Å². The quantitative estimate of drug-likeness (QED) is 0.735. The number of aliphatic hydroxyl groups excluding tert-OH is 1. The lowest BCUT2D eigenvalue weighted by atomic mass is 10.2. The van der Waals surface area contributed by atoms with Crippen molar-refractivity contribution >= 4 is 11.8 Å². The Bertz CT molecular complexity index is 368. The summed E-state index contributed by atoms with van der Waals surface area (Å²) in [6.07, 6.45) is 0.923. The van der Waals surface area contributed by atoms with Gasteiger partial charge in [0.2, 0.25) is 0 Å². The summed E-state index contributed by atoms with van der Waals surface area (Å²) >= 11 is 0. The molecule has 0 atom stereocenters. The van der Waals surface area contributed by atoms with Gasteiger partial charge in [-0.05, 0) is 13.0 Å². The van der Waals surface area contributed by atoms with Crippen LogP contribution < -0.4 is 10.5 Å². The lowest BCUT2D eigenvalue weighted by Crippen LogP contribution is -2.11. The van der Waals surface area contributed by atoms with E-state index in [0.29, 0.717) is 12.1 Å². The van der Waals surface area contributed by atoms with Gasteiger partial charge < -0.3 is 20.3 Å². The Morgan fingerprint density at radius 1 is 1.62 bits per heavy atom. The van der Waals surface area contributed by atoms with E-state index in [1.165, 1.54) is 6.20 Å². The highest BCUT2D eigenvalue weighted by Gasteiger charge is 2.09. The van der Waals surface area contributed by atoms with Crippen LogP contribution in [0.25, 0.3) is 0 Å². The van der Waals surface area contributed by atoms with Crippen LogP contribution in [0.2, 0.25) is 0 Å². The number of carbonyl (C=O) groups is 1. The second kappa shape index (κ2) is 5.92. The van der Waals surface area contributed by atoms with Crippen LogP contribution in [0.1, 0.15) is 12.6 Å². The van der Waals surface area contributed by atoms with Crippen LogP contribution in [0.4, 0.5) is 10.5 Å². The SMILES string of the molecule is CCOC(=O)Oc1cnc(CCO)cc1N. The molecule has 0 aliphatic carbocycles. The molecule has 0 bridgehead atoms. The van der Waals surface area contributed by atoms with E-state index >= 15 is 0 Å². The predicted octanol–water partition coefficient (Wildman–Crippen LogP) is 0.734. The van der Waals surface area contributed by atoms with E-state index in [0.717, 1.165) is 0 Å². The number of nitrogen functional groups attached to an aromatic ring is 1. The highest BCUT2D eigenvalue weighted by Crippen LogP contribution is 2.21. The standard InChI is InChI=1S/C10H14N2O4/c1-2-15-10(14)16-9-6-12-7(3-4-13)5-8(9)11/h5-6,13H,2-4H2,1H3,(H2,11,12). The molecule has 6 nitrogen and oxygen atoms in total. The number of pyridine rings is 1. The van der Waals surface area contributed by atoms with Crippen LogP contribution in [-0.2, 0) is 11.2 Å². The van der Waals surface area contributed by atoms with Gasteiger partial charge in [0.1, 0.15) is 0 Å². The number of nitrogens with zero attached hydrogens (tertiary/aromatic N) is 1. The van der Waals surface area contributed by atoms with E-state index in [1.807, 2.05) is 0 Å². The van der Waals surface area contributed by atoms with Crippen molar-refractivity contribution < 1.29 is 19.4 Å². The van der Waals surface area contributed by atoms with Crippen molar-refractivity contribution in [2.45, 2.75) is 13.3 Å². The minimum Gasteiger partial charge on any atom is -0.434 e. The second-order valence-electron chi connectivity index (χ2n) is 2.97. The molecular formula is C10H14N2O4. The maximum Gasteiger partial charge on any atom is 0.513 e. The Labute approximate surface area is 93.0 Å². The molecule has 0 aliphatic heterocycles. The molecule has 0 spiro atoms. The molecule has 0 amide bonds. The van der Waals surface area contributed by atoms with E-state index < -0.39 is 6.16 Å². The minimum atomic E-state index is -0.814. The Morgan fingerprint density at radius 3 is 2.94 bits per heavy atom. The Hall–Kier alpha value is -1.82. The third kappa shape index (κ3) is 3.39. The summed E-state index contributed by atoms with van der Waals surface area (Å²) in [6.45, 7) is 1.90. The molecule has 0 aliphatic rings. The van der Waals surface area contributed by atoms with Gasteiger partial charge in [0, 0.05) is 18.7 Å². The number of nitrogens with two attached hydrogens (primary N) is 1. The first-order valence-electron chi connectivity index (χ1n) is 4.87. The Kier molecular flexibility index (Phi) is 4.53. The molecule has 0 saturated carbocycles. The molecule has 0 fully saturated rings. The molecule has 16 heavy (non-hydrogen) atoms. The lowest BCUT2D eigenvalue weighted by molar-refractivity contribution is 0.104. The molecule has 0 saturated heterocycles. The third-order valence-electron chi connectivity index (χ3n) is 1.78. The smallest absolute Gasteiger partial charge is 0.434 e. The third-order valence-corrected chi connectivity index (χ3v) is 1.78. The summed E-state index contributed by atoms with van der Waals surface area (Å²) in [4.78, 5) is 15.0. The predicted molar refractivity (Wildman–Crippen MR) is 57.1 cm³/mol. The first-order valence-corrected chi connectivity index (χ1v) is 4.87. The van der Waals surface area contributed by atoms with Crippen LogP contribution in [0.3, 0.4) is 0 Å². The highest BCUT2D eigenvalue weighted by atomic mass is 16.7. The summed E-state index contributed by atoms with van der Waals surface area (Å²) in [5.74, 6) is 0.153. The number of carbonyl (C=O) groups excluding carboxylic acids is 1. The molecule has 3 N–H and O–H groups in total. The van der Waals surface area contributed by atoms with Crippen molar-refractivity contribution in [3.05, 3.63) is 18.0 Å². The fraction of sp³-hybridized carbons (Fsp3) is 0.400. The molecule has 88 valence electrons. The van der Waals surface area contributed by atoms with Crippen molar-refractivity contribution in [1.82, 2.24) is 4.98 Å². The summed E-state index contributed by atoms with van der Waals surface area (Å²) in [7, 11) is 0. The van der Waals surface area contributed by atoms with Crippen LogP contribution >= 0.6 is 0 Å². The van der Waals surface area contributed by atoms with Crippen molar-refractivity contribution in [1.29, 1.82) is 0 Å². The van der Waals surface area contributed by atoms with Crippen LogP contribution in [0, 0.1) is 0 Å². The maximum absolute atomic E-state index is 11.0. The molecule has 0 unspecified atom stereocenters. The van der Waals surface area contributed by atoms with E-state index in [2.05, 4.69) is 9.72 Å². The van der Waals surface area contributed by atoms with E-state index in [9.17, 15) is 4.79 Å². The summed E-state index contributed by atoms with van der Waals surface area (Å²) in [5.41, 5.74) is 6.56. The zero-order valence-electron chi connectivity index (χ0n) is 8.97. The van der Waals surface area contributed by atoms with Gasteiger partial charge in [0.15, 0.2) is 5.75 Å². The van der Waals surface area contributed by atoms with Crippen molar-refractivity contribution in [3.63, 3.8) is 0 Å². The van der Waals surface area contributed by atoms with Crippen molar-refractivity contribution in [2.24, 2.45) is 0 Å². The minimum absolute atomic E-state index is 0.00940. The first kappa shape index (κ1) is 12.3. The maximum atomic E-state index is 11.0. The van der Waals surface area contributed by atoms with Gasteiger partial charge in [-0.3, -0.25) is 4.98 Å². The number of anilines is 1. The fourth-order valence-corrected chi connectivity index (χ4v) is 1.08. The molecule has 1 rings (SSSR count). The number of rotatable bonds is 4. The fourth-order valence-electron chi connectivity index (χ4n) is 1.08. The zero-order valence-corrected chi connectivity index (χ0v) is 8.97. The molecular weight excluding hydrogens is 212 g/mol. The molecule has 6 heteroatoms. The number of hydrogen-bond acceptors (Lipinski definition) is 6. The Morgan fingerprint density at radius 2 is 2.38 bits per heavy atom. The molecule has 0 aromatic carbocycles. The number of aromatic nitrogens is 1. The lowest BCUT2D eigenvalue weighted by Gasteiger charge is -2.07. The summed E-state index contributed by atoms with van der Waals surface area (Å²) in [6, 6.07) is 1.55.